The second-order valence-corrected chi connectivity index (χ2v) is 4.59. The number of aliphatic hydroxyl groups is 1. The van der Waals surface area contributed by atoms with Gasteiger partial charge in [0.15, 0.2) is 0 Å². The Balaban J connectivity index is 2.68. The third-order valence-corrected chi connectivity index (χ3v) is 3.13. The minimum absolute atomic E-state index is 0.0862. The van der Waals surface area contributed by atoms with E-state index < -0.39 is 0 Å². The predicted molar refractivity (Wildman–Crippen MR) is 72.0 cm³/mol. The van der Waals surface area contributed by atoms with Crippen molar-refractivity contribution in [2.45, 2.75) is 27.4 Å². The highest BCUT2D eigenvalue weighted by Crippen LogP contribution is 2.30. The lowest BCUT2D eigenvalue weighted by molar-refractivity contribution is 0.282. The number of benzene rings is 2. The van der Waals surface area contributed by atoms with Crippen LogP contribution >= 0.6 is 0 Å². The molecule has 0 aliphatic heterocycles. The quantitative estimate of drug-likeness (QED) is 0.826. The number of hydrogen-bond acceptors (Lipinski definition) is 1. The van der Waals surface area contributed by atoms with E-state index in [-0.39, 0.29) is 6.61 Å². The fraction of sp³-hybridized carbons (Fsp3) is 0.250. The van der Waals surface area contributed by atoms with Gasteiger partial charge in [-0.1, -0.05) is 42.0 Å². The van der Waals surface area contributed by atoms with Crippen molar-refractivity contribution in [2.24, 2.45) is 0 Å². The first kappa shape index (κ1) is 11.9. The van der Waals surface area contributed by atoms with Gasteiger partial charge in [0.1, 0.15) is 0 Å². The molecule has 88 valence electrons. The largest absolute Gasteiger partial charge is 0.392 e. The van der Waals surface area contributed by atoms with Crippen molar-refractivity contribution in [3.05, 3.63) is 58.7 Å². The van der Waals surface area contributed by atoms with Crippen molar-refractivity contribution in [3.63, 3.8) is 0 Å². The van der Waals surface area contributed by atoms with Gasteiger partial charge in [0.2, 0.25) is 0 Å². The third-order valence-electron chi connectivity index (χ3n) is 3.13. The lowest BCUT2D eigenvalue weighted by atomic mass is 9.91. The Morgan fingerprint density at radius 1 is 0.941 bits per heavy atom. The van der Waals surface area contributed by atoms with Gasteiger partial charge >= 0.3 is 0 Å². The van der Waals surface area contributed by atoms with Crippen LogP contribution in [0.1, 0.15) is 22.3 Å². The van der Waals surface area contributed by atoms with Crippen LogP contribution in [0.25, 0.3) is 11.1 Å². The molecule has 0 aromatic heterocycles. The molecule has 0 fully saturated rings. The molecule has 0 aliphatic carbocycles. The zero-order valence-electron chi connectivity index (χ0n) is 10.6. The first-order valence-electron chi connectivity index (χ1n) is 5.90. The van der Waals surface area contributed by atoms with E-state index in [0.717, 1.165) is 11.1 Å². The van der Waals surface area contributed by atoms with E-state index >= 15 is 0 Å². The van der Waals surface area contributed by atoms with E-state index in [2.05, 4.69) is 39.0 Å². The minimum Gasteiger partial charge on any atom is -0.392 e. The number of aryl methyl sites for hydroxylation is 3. The molecular weight excluding hydrogens is 208 g/mol. The molecule has 1 N–H and O–H groups in total. The van der Waals surface area contributed by atoms with Gasteiger partial charge in [-0.3, -0.25) is 0 Å². The molecule has 0 amide bonds. The number of rotatable bonds is 2. The van der Waals surface area contributed by atoms with Crippen LogP contribution in [0.3, 0.4) is 0 Å². The molecule has 2 aromatic carbocycles. The van der Waals surface area contributed by atoms with Gasteiger partial charge in [0.25, 0.3) is 0 Å². The summed E-state index contributed by atoms with van der Waals surface area (Å²) in [5.74, 6) is 0. The summed E-state index contributed by atoms with van der Waals surface area (Å²) in [7, 11) is 0. The fourth-order valence-corrected chi connectivity index (χ4v) is 2.51. The SMILES string of the molecule is Cc1cc(C)c(-c2ccccc2CO)c(C)c1. The predicted octanol–water partition coefficient (Wildman–Crippen LogP) is 3.77. The van der Waals surface area contributed by atoms with E-state index in [1.54, 1.807) is 0 Å². The fourth-order valence-electron chi connectivity index (χ4n) is 2.51. The summed E-state index contributed by atoms with van der Waals surface area (Å²) < 4.78 is 0. The van der Waals surface area contributed by atoms with Crippen molar-refractivity contribution in [1.82, 2.24) is 0 Å². The number of hydrogen-bond donors (Lipinski definition) is 1. The maximum absolute atomic E-state index is 9.42. The van der Waals surface area contributed by atoms with Crippen molar-refractivity contribution in [2.75, 3.05) is 0 Å². The highest BCUT2D eigenvalue weighted by molar-refractivity contribution is 5.74. The molecule has 0 unspecified atom stereocenters. The lowest BCUT2D eigenvalue weighted by Gasteiger charge is -2.14. The van der Waals surface area contributed by atoms with Gasteiger partial charge in [-0.15, -0.1) is 0 Å². The Bertz CT molecular complexity index is 518. The maximum Gasteiger partial charge on any atom is 0.0687 e. The maximum atomic E-state index is 9.42. The second kappa shape index (κ2) is 4.72. The van der Waals surface area contributed by atoms with Crippen LogP contribution in [0.4, 0.5) is 0 Å². The minimum atomic E-state index is 0.0862. The molecular formula is C16H18O. The van der Waals surface area contributed by atoms with Gasteiger partial charge in [-0.2, -0.15) is 0 Å². The van der Waals surface area contributed by atoms with Crippen molar-refractivity contribution < 1.29 is 5.11 Å². The molecule has 2 rings (SSSR count). The zero-order valence-corrected chi connectivity index (χ0v) is 10.6. The Hall–Kier alpha value is -1.60. The normalized spacial score (nSPS) is 10.6. The van der Waals surface area contributed by atoms with Crippen molar-refractivity contribution in [3.8, 4) is 11.1 Å². The molecule has 0 radical (unpaired) electrons. The molecule has 1 nitrogen and oxygen atoms in total. The Labute approximate surface area is 103 Å². The van der Waals surface area contributed by atoms with Crippen molar-refractivity contribution >= 4 is 0 Å². The summed E-state index contributed by atoms with van der Waals surface area (Å²) in [6.07, 6.45) is 0. The van der Waals surface area contributed by atoms with Crippen LogP contribution in [-0.2, 0) is 6.61 Å². The molecule has 2 aromatic rings. The van der Waals surface area contributed by atoms with E-state index in [1.807, 2.05) is 18.2 Å². The highest BCUT2D eigenvalue weighted by Gasteiger charge is 2.09. The Kier molecular flexibility index (Phi) is 3.30. The van der Waals surface area contributed by atoms with Crippen LogP contribution in [0, 0.1) is 20.8 Å². The molecule has 1 heteroatoms. The molecule has 0 atom stereocenters. The van der Waals surface area contributed by atoms with Crippen LogP contribution in [0.5, 0.6) is 0 Å². The summed E-state index contributed by atoms with van der Waals surface area (Å²) in [6, 6.07) is 12.4. The van der Waals surface area contributed by atoms with Gasteiger partial charge in [0, 0.05) is 0 Å². The third kappa shape index (κ3) is 2.25. The Morgan fingerprint density at radius 3 is 2.12 bits per heavy atom. The standard InChI is InChI=1S/C16H18O/c1-11-8-12(2)16(13(3)9-11)15-7-5-4-6-14(15)10-17/h4-9,17H,10H2,1-3H3. The van der Waals surface area contributed by atoms with Crippen molar-refractivity contribution in [1.29, 1.82) is 0 Å². The summed E-state index contributed by atoms with van der Waals surface area (Å²) >= 11 is 0. The van der Waals surface area contributed by atoms with E-state index in [0.29, 0.717) is 0 Å². The zero-order chi connectivity index (χ0) is 12.4. The van der Waals surface area contributed by atoms with Gasteiger partial charge in [0.05, 0.1) is 6.61 Å². The van der Waals surface area contributed by atoms with E-state index in [9.17, 15) is 5.11 Å². The number of aliphatic hydroxyl groups excluding tert-OH is 1. The molecule has 0 aliphatic rings. The van der Waals surface area contributed by atoms with Gasteiger partial charge in [-0.25, -0.2) is 0 Å². The average molecular weight is 226 g/mol. The molecule has 0 spiro atoms. The summed E-state index contributed by atoms with van der Waals surface area (Å²) in [4.78, 5) is 0. The molecule has 0 heterocycles. The lowest BCUT2D eigenvalue weighted by Crippen LogP contribution is -1.94. The monoisotopic (exact) mass is 226 g/mol. The Morgan fingerprint density at radius 2 is 1.53 bits per heavy atom. The van der Waals surface area contributed by atoms with Gasteiger partial charge in [-0.05, 0) is 48.6 Å². The van der Waals surface area contributed by atoms with E-state index in [1.165, 1.54) is 22.3 Å². The van der Waals surface area contributed by atoms with Gasteiger partial charge < -0.3 is 5.11 Å². The van der Waals surface area contributed by atoms with Crippen LogP contribution < -0.4 is 0 Å². The van der Waals surface area contributed by atoms with Crippen LogP contribution in [0.2, 0.25) is 0 Å². The summed E-state index contributed by atoms with van der Waals surface area (Å²) in [6.45, 7) is 6.46. The molecule has 0 bridgehead atoms. The topological polar surface area (TPSA) is 20.2 Å². The second-order valence-electron chi connectivity index (χ2n) is 4.59. The summed E-state index contributed by atoms with van der Waals surface area (Å²) in [5, 5.41) is 9.42. The summed E-state index contributed by atoms with van der Waals surface area (Å²) in [5.41, 5.74) is 7.20. The first-order valence-corrected chi connectivity index (χ1v) is 5.90. The van der Waals surface area contributed by atoms with E-state index in [4.69, 9.17) is 0 Å². The van der Waals surface area contributed by atoms with Crippen LogP contribution in [-0.4, -0.2) is 5.11 Å². The average Bonchev–Trinajstić information content (AvgIpc) is 2.28. The highest BCUT2D eigenvalue weighted by atomic mass is 16.3. The molecule has 17 heavy (non-hydrogen) atoms. The van der Waals surface area contributed by atoms with Crippen LogP contribution in [0.15, 0.2) is 36.4 Å². The molecule has 0 saturated carbocycles. The smallest absolute Gasteiger partial charge is 0.0687 e. The molecule has 0 saturated heterocycles. The first-order chi connectivity index (χ1) is 8.13.